The summed E-state index contributed by atoms with van der Waals surface area (Å²) in [6, 6.07) is 7.95. The van der Waals surface area contributed by atoms with Crippen LogP contribution >= 0.6 is 7.87 Å². The van der Waals surface area contributed by atoms with Crippen LogP contribution in [0.3, 0.4) is 0 Å². The summed E-state index contributed by atoms with van der Waals surface area (Å²) in [6.45, 7) is 10.2. The molecular formula is C21H35N2O5P. The first kappa shape index (κ1) is 23.9. The third-order valence-corrected chi connectivity index (χ3v) is 7.64. The summed E-state index contributed by atoms with van der Waals surface area (Å²) < 4.78 is 15.0. The maximum absolute atomic E-state index is 11.2. The molecule has 2 rings (SSSR count). The van der Waals surface area contributed by atoms with E-state index in [2.05, 4.69) is 0 Å². The van der Waals surface area contributed by atoms with Crippen LogP contribution in [0.25, 0.3) is 10.9 Å². The monoisotopic (exact) mass is 426 g/mol. The van der Waals surface area contributed by atoms with Gasteiger partial charge in [0, 0.05) is 0 Å². The van der Waals surface area contributed by atoms with E-state index in [-0.39, 0.29) is 18.2 Å². The molecule has 0 atom stereocenters. The standard InChI is InChI=1S/C21H35N2O5P/c1-17(2)23(18(3)4)29(25,26)14-13-28-12-11-27-10-9-22-15-19(16-24)20-7-5-6-8-21(20)22/h5-8,15-18,25-26,29H,9-14H2,1-4H3. The molecule has 0 amide bonds. The molecule has 0 radical (unpaired) electrons. The van der Waals surface area contributed by atoms with Crippen LogP contribution in [-0.2, 0) is 16.0 Å². The van der Waals surface area contributed by atoms with E-state index in [9.17, 15) is 14.6 Å². The molecule has 164 valence electrons. The fourth-order valence-electron chi connectivity index (χ4n) is 3.80. The van der Waals surface area contributed by atoms with E-state index in [1.807, 2.05) is 62.7 Å². The van der Waals surface area contributed by atoms with Gasteiger partial charge in [-0.3, -0.25) is 4.79 Å². The quantitative estimate of drug-likeness (QED) is 0.291. The summed E-state index contributed by atoms with van der Waals surface area (Å²) >= 11 is 0. The minimum atomic E-state index is -3.47. The Hall–Kier alpha value is -1.34. The number of aldehydes is 1. The number of nitrogens with zero attached hydrogens (tertiary/aromatic N) is 2. The van der Waals surface area contributed by atoms with Gasteiger partial charge in [-0.2, -0.15) is 0 Å². The van der Waals surface area contributed by atoms with E-state index in [0.29, 0.717) is 38.5 Å². The van der Waals surface area contributed by atoms with Crippen LogP contribution < -0.4 is 0 Å². The molecule has 0 aliphatic carbocycles. The zero-order chi connectivity index (χ0) is 21.4. The average molecular weight is 426 g/mol. The number of hydrogen-bond acceptors (Lipinski definition) is 6. The molecule has 1 aromatic heterocycles. The van der Waals surface area contributed by atoms with Gasteiger partial charge in [0.05, 0.1) is 0 Å². The summed E-state index contributed by atoms with van der Waals surface area (Å²) in [5.74, 6) is 0. The molecule has 0 spiro atoms. The Morgan fingerprint density at radius 1 is 1.03 bits per heavy atom. The normalized spacial score (nSPS) is 13.1. The van der Waals surface area contributed by atoms with Crippen LogP contribution in [0.1, 0.15) is 38.1 Å². The molecule has 0 unspecified atom stereocenters. The van der Waals surface area contributed by atoms with Crippen molar-refractivity contribution in [3.05, 3.63) is 36.0 Å². The van der Waals surface area contributed by atoms with Gasteiger partial charge in [0.2, 0.25) is 0 Å². The molecule has 0 bridgehead atoms. The number of ether oxygens (including phenoxy) is 2. The molecule has 29 heavy (non-hydrogen) atoms. The Balaban J connectivity index is 1.68. The molecule has 0 aliphatic heterocycles. The molecule has 1 aromatic carbocycles. The van der Waals surface area contributed by atoms with Gasteiger partial charge in [-0.1, -0.05) is 6.07 Å². The van der Waals surface area contributed by atoms with Crippen LogP contribution in [0.15, 0.2) is 30.5 Å². The molecule has 0 aliphatic rings. The van der Waals surface area contributed by atoms with E-state index in [4.69, 9.17) is 9.47 Å². The molecule has 0 fully saturated rings. The van der Waals surface area contributed by atoms with Crippen LogP contribution in [-0.4, -0.2) is 70.0 Å². The van der Waals surface area contributed by atoms with E-state index >= 15 is 0 Å². The van der Waals surface area contributed by atoms with Crippen molar-refractivity contribution in [2.75, 3.05) is 32.6 Å². The van der Waals surface area contributed by atoms with Gasteiger partial charge in [0.1, 0.15) is 0 Å². The van der Waals surface area contributed by atoms with Crippen molar-refractivity contribution in [1.82, 2.24) is 9.24 Å². The van der Waals surface area contributed by atoms with Crippen molar-refractivity contribution >= 4 is 25.1 Å². The molecule has 0 saturated heterocycles. The van der Waals surface area contributed by atoms with E-state index < -0.39 is 7.87 Å². The molecule has 2 aromatic rings. The first-order valence-electron chi connectivity index (χ1n) is 10.2. The topological polar surface area (TPSA) is 84.2 Å². The maximum atomic E-state index is 11.2. The summed E-state index contributed by atoms with van der Waals surface area (Å²) in [6.07, 6.45) is 2.96. The van der Waals surface area contributed by atoms with Crippen molar-refractivity contribution < 1.29 is 24.1 Å². The van der Waals surface area contributed by atoms with Crippen LogP contribution in [0.4, 0.5) is 0 Å². The Morgan fingerprint density at radius 2 is 1.66 bits per heavy atom. The van der Waals surface area contributed by atoms with E-state index in [1.54, 1.807) is 4.67 Å². The number of carbonyl (C=O) groups is 1. The van der Waals surface area contributed by atoms with Gasteiger partial charge in [-0.05, 0) is 0 Å². The minimum absolute atomic E-state index is 0.0736. The van der Waals surface area contributed by atoms with Crippen LogP contribution in [0, 0.1) is 0 Å². The second kappa shape index (κ2) is 11.2. The number of fused-ring (bicyclic) bond motifs is 1. The fraction of sp³-hybridized carbons (Fsp3) is 0.571. The van der Waals surface area contributed by atoms with E-state index in [1.165, 1.54) is 0 Å². The third-order valence-electron chi connectivity index (χ3n) is 4.90. The zero-order valence-electron chi connectivity index (χ0n) is 17.9. The summed E-state index contributed by atoms with van der Waals surface area (Å²) in [4.78, 5) is 32.1. The molecule has 8 heteroatoms. The molecule has 7 nitrogen and oxygen atoms in total. The molecule has 0 saturated carbocycles. The van der Waals surface area contributed by atoms with Gasteiger partial charge in [0.15, 0.2) is 0 Å². The van der Waals surface area contributed by atoms with Gasteiger partial charge in [-0.25, -0.2) is 0 Å². The predicted octanol–water partition coefficient (Wildman–Crippen LogP) is 3.09. The number of carbonyl (C=O) groups excluding carboxylic acids is 1. The van der Waals surface area contributed by atoms with Crippen molar-refractivity contribution in [3.8, 4) is 0 Å². The average Bonchev–Trinajstić information content (AvgIpc) is 3.01. The van der Waals surface area contributed by atoms with Gasteiger partial charge in [0.25, 0.3) is 0 Å². The second-order valence-electron chi connectivity index (χ2n) is 7.76. The SMILES string of the molecule is CC(C)N(C(C)C)[PH](O)(O)CCOCCOCCn1cc(C=O)c2ccccc21. The fourth-order valence-corrected chi connectivity index (χ4v) is 6.13. The van der Waals surface area contributed by atoms with Gasteiger partial charge in [-0.15, -0.1) is 0 Å². The third kappa shape index (κ3) is 6.57. The first-order valence-corrected chi connectivity index (χ1v) is 12.2. The number of para-hydroxylation sites is 1. The number of rotatable bonds is 13. The zero-order valence-corrected chi connectivity index (χ0v) is 18.9. The molecular weight excluding hydrogens is 391 g/mol. The van der Waals surface area contributed by atoms with Crippen molar-refractivity contribution in [2.45, 2.75) is 46.3 Å². The first-order chi connectivity index (χ1) is 13.8. The molecule has 2 N–H and O–H groups in total. The van der Waals surface area contributed by atoms with Crippen LogP contribution in [0.5, 0.6) is 0 Å². The van der Waals surface area contributed by atoms with Gasteiger partial charge < -0.3 is 0 Å². The van der Waals surface area contributed by atoms with Crippen molar-refractivity contribution in [1.29, 1.82) is 0 Å². The summed E-state index contributed by atoms with van der Waals surface area (Å²) in [5.41, 5.74) is 1.70. The van der Waals surface area contributed by atoms with Crippen molar-refractivity contribution in [2.24, 2.45) is 0 Å². The van der Waals surface area contributed by atoms with E-state index in [0.717, 1.165) is 17.2 Å². The number of hydrogen-bond donors (Lipinski definition) is 2. The number of benzene rings is 1. The second-order valence-corrected chi connectivity index (χ2v) is 10.3. The Labute approximate surface area is 173 Å². The number of aromatic nitrogens is 1. The Morgan fingerprint density at radius 3 is 2.28 bits per heavy atom. The summed E-state index contributed by atoms with van der Waals surface area (Å²) in [5, 5.41) is 0.948. The Kier molecular flexibility index (Phi) is 9.21. The predicted molar refractivity (Wildman–Crippen MR) is 119 cm³/mol. The van der Waals surface area contributed by atoms with Crippen molar-refractivity contribution in [3.63, 3.8) is 0 Å². The molecule has 1 heterocycles. The summed E-state index contributed by atoms with van der Waals surface area (Å²) in [7, 11) is -3.47. The van der Waals surface area contributed by atoms with Gasteiger partial charge >= 0.3 is 162 Å². The Bertz CT molecular complexity index is 768. The van der Waals surface area contributed by atoms with Crippen LogP contribution in [0.2, 0.25) is 0 Å².